The van der Waals surface area contributed by atoms with E-state index in [0.717, 1.165) is 5.56 Å². The molecule has 1 aromatic rings. The van der Waals surface area contributed by atoms with E-state index < -0.39 is 0 Å². The van der Waals surface area contributed by atoms with Crippen LogP contribution in [0.4, 0.5) is 5.69 Å². The number of carbonyl (C=O) groups excluding carboxylic acids is 2. The van der Waals surface area contributed by atoms with Gasteiger partial charge in [0.25, 0.3) is 0 Å². The number of rotatable bonds is 6. The van der Waals surface area contributed by atoms with E-state index in [1.807, 2.05) is 6.92 Å². The lowest BCUT2D eigenvalue weighted by Gasteiger charge is -2.11. The number of benzene rings is 1. The minimum Gasteiger partial charge on any atom is -0.355 e. The SMILES string of the molecule is Cc1c(Cl)cccc1NC(=O)CCNC(=O)C(C)CN.Cl. The van der Waals surface area contributed by atoms with Gasteiger partial charge in [-0.2, -0.15) is 0 Å². The average molecular weight is 334 g/mol. The van der Waals surface area contributed by atoms with Crippen LogP contribution in [0.15, 0.2) is 18.2 Å². The van der Waals surface area contributed by atoms with Gasteiger partial charge in [-0.15, -0.1) is 12.4 Å². The monoisotopic (exact) mass is 333 g/mol. The summed E-state index contributed by atoms with van der Waals surface area (Å²) in [5, 5.41) is 6.04. The lowest BCUT2D eigenvalue weighted by molar-refractivity contribution is -0.124. The first-order chi connectivity index (χ1) is 9.45. The van der Waals surface area contributed by atoms with Gasteiger partial charge in [0.2, 0.25) is 11.8 Å². The number of nitrogens with two attached hydrogens (primary N) is 1. The van der Waals surface area contributed by atoms with Crippen molar-refractivity contribution >= 4 is 41.5 Å². The summed E-state index contributed by atoms with van der Waals surface area (Å²) in [6, 6.07) is 5.32. The van der Waals surface area contributed by atoms with Crippen molar-refractivity contribution in [2.24, 2.45) is 11.7 Å². The highest BCUT2D eigenvalue weighted by molar-refractivity contribution is 6.31. The molecule has 1 rings (SSSR count). The lowest BCUT2D eigenvalue weighted by Crippen LogP contribution is -2.35. The van der Waals surface area contributed by atoms with Crippen LogP contribution in [0.25, 0.3) is 0 Å². The molecule has 0 fully saturated rings. The Morgan fingerprint density at radius 2 is 2.05 bits per heavy atom. The highest BCUT2D eigenvalue weighted by Gasteiger charge is 2.11. The second-order valence-corrected chi connectivity index (χ2v) is 5.05. The van der Waals surface area contributed by atoms with Crippen LogP contribution < -0.4 is 16.4 Å². The minimum absolute atomic E-state index is 0. The number of halogens is 2. The van der Waals surface area contributed by atoms with Crippen LogP contribution in [0.1, 0.15) is 18.9 Å². The van der Waals surface area contributed by atoms with Crippen LogP contribution in [-0.4, -0.2) is 24.9 Å². The summed E-state index contributed by atoms with van der Waals surface area (Å²) in [7, 11) is 0. The molecule has 4 N–H and O–H groups in total. The Hall–Kier alpha value is -1.30. The van der Waals surface area contributed by atoms with Crippen LogP contribution in [0.5, 0.6) is 0 Å². The molecule has 1 unspecified atom stereocenters. The molecule has 0 saturated heterocycles. The van der Waals surface area contributed by atoms with Crippen molar-refractivity contribution in [2.75, 3.05) is 18.4 Å². The van der Waals surface area contributed by atoms with Gasteiger partial charge in [-0.1, -0.05) is 24.6 Å². The van der Waals surface area contributed by atoms with Crippen molar-refractivity contribution in [3.05, 3.63) is 28.8 Å². The van der Waals surface area contributed by atoms with Crippen LogP contribution in [0.3, 0.4) is 0 Å². The van der Waals surface area contributed by atoms with Gasteiger partial charge in [0.05, 0.1) is 0 Å². The van der Waals surface area contributed by atoms with E-state index in [0.29, 0.717) is 17.3 Å². The number of carbonyl (C=O) groups is 2. The molecule has 1 aromatic carbocycles. The summed E-state index contributed by atoms with van der Waals surface area (Å²) < 4.78 is 0. The summed E-state index contributed by atoms with van der Waals surface area (Å²) in [5.41, 5.74) is 6.89. The van der Waals surface area contributed by atoms with Gasteiger partial charge in [0, 0.05) is 36.1 Å². The zero-order chi connectivity index (χ0) is 15.1. The van der Waals surface area contributed by atoms with Gasteiger partial charge in [-0.05, 0) is 24.6 Å². The molecule has 0 saturated carbocycles. The van der Waals surface area contributed by atoms with Crippen LogP contribution >= 0.6 is 24.0 Å². The van der Waals surface area contributed by atoms with Crippen molar-refractivity contribution in [2.45, 2.75) is 20.3 Å². The van der Waals surface area contributed by atoms with Crippen molar-refractivity contribution in [3.63, 3.8) is 0 Å². The number of nitrogens with one attached hydrogen (secondary N) is 2. The first-order valence-electron chi connectivity index (χ1n) is 6.48. The molecule has 118 valence electrons. The molecule has 0 aromatic heterocycles. The van der Waals surface area contributed by atoms with Crippen LogP contribution in [0, 0.1) is 12.8 Å². The maximum Gasteiger partial charge on any atom is 0.226 e. The molecule has 0 bridgehead atoms. The Balaban J connectivity index is 0.00000400. The standard InChI is InChI=1S/C14H20ClN3O2.ClH/c1-9(8-16)14(20)17-7-6-13(19)18-12-5-3-4-11(15)10(12)2;/h3-5,9H,6-8,16H2,1-2H3,(H,17,20)(H,18,19);1H. The third-order valence-electron chi connectivity index (χ3n) is 2.99. The number of hydrogen-bond acceptors (Lipinski definition) is 3. The van der Waals surface area contributed by atoms with Gasteiger partial charge in [0.1, 0.15) is 0 Å². The first-order valence-corrected chi connectivity index (χ1v) is 6.86. The van der Waals surface area contributed by atoms with Crippen molar-refractivity contribution in [3.8, 4) is 0 Å². The number of amides is 2. The largest absolute Gasteiger partial charge is 0.355 e. The molecule has 0 heterocycles. The topological polar surface area (TPSA) is 84.2 Å². The Morgan fingerprint density at radius 1 is 1.38 bits per heavy atom. The molecule has 0 radical (unpaired) electrons. The number of anilines is 1. The summed E-state index contributed by atoms with van der Waals surface area (Å²) >= 11 is 5.97. The normalized spacial score (nSPS) is 11.2. The third kappa shape index (κ3) is 6.33. The quantitative estimate of drug-likeness (QED) is 0.745. The Morgan fingerprint density at radius 3 is 2.67 bits per heavy atom. The van der Waals surface area contributed by atoms with Gasteiger partial charge in [-0.3, -0.25) is 9.59 Å². The molecule has 0 aliphatic heterocycles. The maximum atomic E-state index is 11.8. The van der Waals surface area contributed by atoms with Gasteiger partial charge in [0.15, 0.2) is 0 Å². The summed E-state index contributed by atoms with van der Waals surface area (Å²) in [6.07, 6.45) is 0.203. The van der Waals surface area contributed by atoms with E-state index in [9.17, 15) is 9.59 Å². The predicted octanol–water partition coefficient (Wildman–Crippen LogP) is 2.11. The molecule has 7 heteroatoms. The van der Waals surface area contributed by atoms with Gasteiger partial charge < -0.3 is 16.4 Å². The van der Waals surface area contributed by atoms with Crippen molar-refractivity contribution in [1.82, 2.24) is 5.32 Å². The molecular formula is C14H21Cl2N3O2. The second kappa shape index (κ2) is 9.60. The Labute approximate surface area is 136 Å². The highest BCUT2D eigenvalue weighted by Crippen LogP contribution is 2.22. The molecule has 0 spiro atoms. The van der Waals surface area contributed by atoms with E-state index in [1.165, 1.54) is 0 Å². The van der Waals surface area contributed by atoms with E-state index in [2.05, 4.69) is 10.6 Å². The van der Waals surface area contributed by atoms with Crippen LogP contribution in [-0.2, 0) is 9.59 Å². The summed E-state index contributed by atoms with van der Waals surface area (Å²) in [5.74, 6) is -0.552. The lowest BCUT2D eigenvalue weighted by atomic mass is 10.1. The number of hydrogen-bond donors (Lipinski definition) is 3. The van der Waals surface area contributed by atoms with Crippen molar-refractivity contribution in [1.29, 1.82) is 0 Å². The fourth-order valence-electron chi connectivity index (χ4n) is 1.54. The molecule has 5 nitrogen and oxygen atoms in total. The zero-order valence-corrected chi connectivity index (χ0v) is 13.7. The fraction of sp³-hybridized carbons (Fsp3) is 0.429. The first kappa shape index (κ1) is 19.7. The van der Waals surface area contributed by atoms with Crippen LogP contribution in [0.2, 0.25) is 5.02 Å². The highest BCUT2D eigenvalue weighted by atomic mass is 35.5. The van der Waals surface area contributed by atoms with Gasteiger partial charge >= 0.3 is 0 Å². The molecule has 1 atom stereocenters. The summed E-state index contributed by atoms with van der Waals surface area (Å²) in [6.45, 7) is 4.15. The van der Waals surface area contributed by atoms with E-state index >= 15 is 0 Å². The molecule has 0 aliphatic carbocycles. The van der Waals surface area contributed by atoms with E-state index in [4.69, 9.17) is 17.3 Å². The minimum atomic E-state index is -0.242. The molecule has 0 aliphatic rings. The second-order valence-electron chi connectivity index (χ2n) is 4.64. The zero-order valence-electron chi connectivity index (χ0n) is 12.1. The van der Waals surface area contributed by atoms with E-state index in [1.54, 1.807) is 25.1 Å². The van der Waals surface area contributed by atoms with Crippen molar-refractivity contribution < 1.29 is 9.59 Å². The molecule has 2 amide bonds. The Bertz CT molecular complexity index is 495. The smallest absolute Gasteiger partial charge is 0.226 e. The summed E-state index contributed by atoms with van der Waals surface area (Å²) in [4.78, 5) is 23.2. The average Bonchev–Trinajstić information content (AvgIpc) is 2.42. The Kier molecular flexibility index (Phi) is 9.01. The maximum absolute atomic E-state index is 11.8. The van der Waals surface area contributed by atoms with E-state index in [-0.39, 0.29) is 43.1 Å². The fourth-order valence-corrected chi connectivity index (χ4v) is 1.71. The molecule has 21 heavy (non-hydrogen) atoms. The third-order valence-corrected chi connectivity index (χ3v) is 3.40. The van der Waals surface area contributed by atoms with Gasteiger partial charge in [-0.25, -0.2) is 0 Å². The molecular weight excluding hydrogens is 313 g/mol. The predicted molar refractivity (Wildman–Crippen MR) is 87.9 cm³/mol.